The first kappa shape index (κ1) is 35.4. The molecule has 9 nitrogen and oxygen atoms in total. The maximum Gasteiger partial charge on any atom is 1.00 e. The molecular formula is C20H25N3Na2O6P3S+. The van der Waals surface area contributed by atoms with Crippen LogP contribution in [0.2, 0.25) is 0 Å². The van der Waals surface area contributed by atoms with Crippen LogP contribution >= 0.6 is 24.7 Å². The van der Waals surface area contributed by atoms with Crippen LogP contribution in [-0.2, 0) is 21.2 Å². The molecule has 2 aromatic carbocycles. The van der Waals surface area contributed by atoms with E-state index in [0.29, 0.717) is 18.6 Å². The molecule has 0 amide bonds. The van der Waals surface area contributed by atoms with Gasteiger partial charge >= 0.3 is 66.2 Å². The molecule has 2 aromatic rings. The van der Waals surface area contributed by atoms with Gasteiger partial charge in [-0.05, 0) is 47.5 Å². The van der Waals surface area contributed by atoms with E-state index in [-0.39, 0.29) is 82.5 Å². The van der Waals surface area contributed by atoms with Crippen LogP contribution in [0, 0.1) is 0 Å². The number of hydrogen-bond donors (Lipinski definition) is 0. The molecule has 0 bridgehead atoms. The van der Waals surface area contributed by atoms with Crippen LogP contribution in [0.1, 0.15) is 16.9 Å². The normalized spacial score (nSPS) is 12.5. The second kappa shape index (κ2) is 20.4. The fraction of sp³-hybridized carbons (Fsp3) is 0.250. The maximum atomic E-state index is 10.9. The molecule has 0 saturated carbocycles. The molecule has 0 aliphatic rings. The standard InChI is InChI=1S/C20H26N3O6P3S.2Na/c1-4-13-23(15-30-28-24)20(31-29-25)17-7-11-19(12-8-17)27-32(33)22(2)21-14-16-5-9-18(26-3)10-6-16;;/h4-12,14,20,30-31H,1,13,15H2,2-3H3,(H-,24,25);;/q;2*+1/p-1/b21-14+;;. The van der Waals surface area contributed by atoms with Gasteiger partial charge in [-0.25, -0.2) is 0 Å². The van der Waals surface area contributed by atoms with Gasteiger partial charge in [0.1, 0.15) is 5.75 Å². The molecule has 15 heteroatoms. The minimum absolute atomic E-state index is 0. The third-order valence-corrected chi connectivity index (χ3v) is 7.87. The largest absolute Gasteiger partial charge is 1.00 e. The fourth-order valence-electron chi connectivity index (χ4n) is 2.68. The van der Waals surface area contributed by atoms with Crippen molar-refractivity contribution in [1.29, 1.82) is 0 Å². The predicted octanol–water partition coefficient (Wildman–Crippen LogP) is -2.96. The Balaban J connectivity index is 0.00000578. The first-order chi connectivity index (χ1) is 16.0. The number of hydrazone groups is 1. The van der Waals surface area contributed by atoms with Crippen molar-refractivity contribution in [3.63, 3.8) is 0 Å². The second-order valence-electron chi connectivity index (χ2n) is 6.45. The quantitative estimate of drug-likeness (QED) is 0.0552. The zero-order valence-electron chi connectivity index (χ0n) is 20.1. The van der Waals surface area contributed by atoms with Gasteiger partial charge in [0, 0.05) is 30.4 Å². The van der Waals surface area contributed by atoms with Crippen molar-refractivity contribution in [1.82, 2.24) is 9.68 Å². The van der Waals surface area contributed by atoms with Gasteiger partial charge in [0.2, 0.25) is 11.8 Å². The summed E-state index contributed by atoms with van der Waals surface area (Å²) in [5.41, 5.74) is 1.75. The Kier molecular flexibility index (Phi) is 20.7. The molecule has 35 heavy (non-hydrogen) atoms. The van der Waals surface area contributed by atoms with Crippen LogP contribution in [0.4, 0.5) is 0 Å². The maximum absolute atomic E-state index is 10.9. The second-order valence-corrected chi connectivity index (χ2v) is 10.3. The summed E-state index contributed by atoms with van der Waals surface area (Å²) in [5, 5.41) is 25.7. The van der Waals surface area contributed by atoms with E-state index < -0.39 is 7.07 Å². The summed E-state index contributed by atoms with van der Waals surface area (Å²) < 4.78 is 20.7. The first-order valence-electron chi connectivity index (χ1n) is 9.60. The van der Waals surface area contributed by atoms with Crippen molar-refractivity contribution < 1.29 is 88.2 Å². The van der Waals surface area contributed by atoms with Crippen molar-refractivity contribution in [2.24, 2.45) is 5.10 Å². The Labute approximate surface area is 260 Å². The van der Waals surface area contributed by atoms with Gasteiger partial charge in [-0.1, -0.05) is 23.0 Å². The predicted molar refractivity (Wildman–Crippen MR) is 133 cm³/mol. The van der Waals surface area contributed by atoms with E-state index in [0.717, 1.165) is 16.9 Å². The average molecular weight is 574 g/mol. The van der Waals surface area contributed by atoms with Crippen molar-refractivity contribution in [3.05, 3.63) is 72.3 Å². The van der Waals surface area contributed by atoms with Crippen molar-refractivity contribution in [3.8, 4) is 11.5 Å². The summed E-state index contributed by atoms with van der Waals surface area (Å²) in [5.74, 6) is 1.02. The van der Waals surface area contributed by atoms with Crippen molar-refractivity contribution >= 4 is 42.7 Å². The van der Waals surface area contributed by atoms with E-state index in [2.05, 4.69) is 21.0 Å². The number of hydrogen-bond acceptors (Lipinski definition) is 9. The summed E-state index contributed by atoms with van der Waals surface area (Å²) >= 11 is 5.46. The molecule has 0 aliphatic heterocycles. The molecule has 0 radical (unpaired) electrons. The van der Waals surface area contributed by atoms with Gasteiger partial charge in [-0.3, -0.25) is 9.42 Å². The number of ether oxygens (including phenoxy) is 1. The van der Waals surface area contributed by atoms with Gasteiger partial charge in [0.05, 0.1) is 26.2 Å². The summed E-state index contributed by atoms with van der Waals surface area (Å²) in [6, 6.07) is 14.7. The molecule has 0 saturated heterocycles. The topological polar surface area (TPSA) is 102 Å². The van der Waals surface area contributed by atoms with Gasteiger partial charge in [-0.2, -0.15) is 0 Å². The summed E-state index contributed by atoms with van der Waals surface area (Å²) in [6.45, 7) is 4.20. The van der Waals surface area contributed by atoms with Crippen LogP contribution in [-0.4, -0.2) is 42.9 Å². The Morgan fingerprint density at radius 2 is 1.71 bits per heavy atom. The van der Waals surface area contributed by atoms with Crippen molar-refractivity contribution in [2.75, 3.05) is 27.0 Å². The van der Waals surface area contributed by atoms with E-state index in [4.69, 9.17) is 21.1 Å². The Morgan fingerprint density at radius 1 is 1.09 bits per heavy atom. The molecule has 0 fully saturated rings. The van der Waals surface area contributed by atoms with Crippen LogP contribution in [0.3, 0.4) is 0 Å². The molecule has 0 N–H and O–H groups in total. The molecular weight excluding hydrogens is 549 g/mol. The zero-order valence-corrected chi connectivity index (χ0v) is 27.8. The van der Waals surface area contributed by atoms with E-state index in [1.807, 2.05) is 41.3 Å². The smallest absolute Gasteiger partial charge is 0.720 e. The van der Waals surface area contributed by atoms with E-state index in [9.17, 15) is 10.5 Å². The summed E-state index contributed by atoms with van der Waals surface area (Å²) in [7, 11) is 1.30. The van der Waals surface area contributed by atoms with Crippen LogP contribution in [0.15, 0.2) is 66.3 Å². The van der Waals surface area contributed by atoms with Crippen LogP contribution in [0.25, 0.3) is 0 Å². The van der Waals surface area contributed by atoms with Gasteiger partial charge in [0.15, 0.2) is 5.75 Å². The van der Waals surface area contributed by atoms with Crippen LogP contribution in [0.5, 0.6) is 11.5 Å². The van der Waals surface area contributed by atoms with E-state index in [1.165, 1.54) is 0 Å². The third kappa shape index (κ3) is 12.7. The Morgan fingerprint density at radius 3 is 2.26 bits per heavy atom. The molecule has 0 heterocycles. The minimum atomic E-state index is -1.43. The molecule has 0 aliphatic carbocycles. The molecule has 4 unspecified atom stereocenters. The average Bonchev–Trinajstić information content (AvgIpc) is 2.84. The molecule has 0 aromatic heterocycles. The van der Waals surface area contributed by atoms with E-state index >= 15 is 0 Å². The van der Waals surface area contributed by atoms with Crippen LogP contribution < -0.4 is 78.9 Å². The number of methoxy groups -OCH3 is 1. The van der Waals surface area contributed by atoms with E-state index in [1.54, 1.807) is 43.4 Å². The Bertz CT molecular complexity index is 916. The van der Waals surface area contributed by atoms with Gasteiger partial charge in [-0.15, -0.1) is 11.7 Å². The molecule has 178 valence electrons. The summed E-state index contributed by atoms with van der Waals surface area (Å²) in [6.07, 6.45) is 3.76. The summed E-state index contributed by atoms with van der Waals surface area (Å²) in [4.78, 5) is 1.90. The SMILES string of the molecule is C=CCN(CPO[O-])C(PO[O-])c1ccc(O[P+](=S)N(C)/N=C/c2ccc(OC)cc2)cc1.[Na+].[Na+]. The zero-order chi connectivity index (χ0) is 24.1. The number of benzene rings is 2. The third-order valence-electron chi connectivity index (χ3n) is 4.32. The monoisotopic (exact) mass is 574 g/mol. The van der Waals surface area contributed by atoms with Gasteiger partial charge < -0.3 is 24.6 Å². The molecule has 2 rings (SSSR count). The fourth-order valence-corrected chi connectivity index (χ4v) is 5.10. The van der Waals surface area contributed by atoms with Gasteiger partial charge in [0.25, 0.3) is 0 Å². The molecule has 4 atom stereocenters. The van der Waals surface area contributed by atoms with Crippen molar-refractivity contribution in [2.45, 2.75) is 5.78 Å². The number of nitrogens with zero attached hydrogens (tertiary/aromatic N) is 3. The number of rotatable bonds is 15. The molecule has 0 spiro atoms. The first-order valence-corrected chi connectivity index (χ1v) is 13.9. The Hall–Kier alpha value is 0.430. The minimum Gasteiger partial charge on any atom is -0.720 e.